The molecule has 0 radical (unpaired) electrons. The normalized spacial score (nSPS) is 17.2. The van der Waals surface area contributed by atoms with Crippen molar-refractivity contribution >= 4 is 11.7 Å². The van der Waals surface area contributed by atoms with Crippen molar-refractivity contribution in [2.45, 2.75) is 52.4 Å². The summed E-state index contributed by atoms with van der Waals surface area (Å²) in [5.74, 6) is 0.908. The fourth-order valence-electron chi connectivity index (χ4n) is 4.35. The van der Waals surface area contributed by atoms with E-state index in [1.807, 2.05) is 35.8 Å². The second kappa shape index (κ2) is 10.4. The average Bonchev–Trinajstić information content (AvgIpc) is 3.49. The molecule has 0 spiro atoms. The highest BCUT2D eigenvalue weighted by molar-refractivity contribution is 6.03. The third-order valence-corrected chi connectivity index (χ3v) is 6.15. The number of carbonyl (C=O) groups is 1. The average molecular weight is 485 g/mol. The molecule has 0 aliphatic heterocycles. The molecule has 4 rings (SSSR count). The van der Waals surface area contributed by atoms with E-state index >= 15 is 0 Å². The van der Waals surface area contributed by atoms with Crippen molar-refractivity contribution in [1.82, 2.24) is 14.8 Å². The maximum atomic E-state index is 12.8. The van der Waals surface area contributed by atoms with E-state index in [0.29, 0.717) is 36.9 Å². The molecule has 1 atom stereocenters. The van der Waals surface area contributed by atoms with Crippen LogP contribution in [0.3, 0.4) is 0 Å². The SMILES string of the molecule is CCOC(=O)C1CCCC1=NCc1nnc(-c2ccc(-c3ccc(C(F)(F)F)cc3)cc2)n1CC. The van der Waals surface area contributed by atoms with Crippen LogP contribution < -0.4 is 0 Å². The van der Waals surface area contributed by atoms with Gasteiger partial charge in [-0.1, -0.05) is 36.4 Å². The lowest BCUT2D eigenvalue weighted by Crippen LogP contribution is -2.21. The summed E-state index contributed by atoms with van der Waals surface area (Å²) in [7, 11) is 0. The van der Waals surface area contributed by atoms with E-state index < -0.39 is 11.7 Å². The van der Waals surface area contributed by atoms with Gasteiger partial charge in [0.2, 0.25) is 0 Å². The molecule has 0 bridgehead atoms. The molecule has 2 aromatic carbocycles. The highest BCUT2D eigenvalue weighted by Crippen LogP contribution is 2.32. The first-order valence-electron chi connectivity index (χ1n) is 11.7. The van der Waals surface area contributed by atoms with Crippen LogP contribution in [0.15, 0.2) is 53.5 Å². The molecule has 1 aliphatic rings. The van der Waals surface area contributed by atoms with Crippen LogP contribution in [0.2, 0.25) is 0 Å². The Bertz CT molecular complexity index is 1200. The minimum atomic E-state index is -4.35. The summed E-state index contributed by atoms with van der Waals surface area (Å²) >= 11 is 0. The van der Waals surface area contributed by atoms with Gasteiger partial charge in [-0.15, -0.1) is 10.2 Å². The van der Waals surface area contributed by atoms with Crippen LogP contribution in [0.1, 0.15) is 44.5 Å². The molecule has 1 aliphatic carbocycles. The monoisotopic (exact) mass is 484 g/mol. The quantitative estimate of drug-likeness (QED) is 0.388. The number of ether oxygens (including phenoxy) is 1. The smallest absolute Gasteiger partial charge is 0.416 e. The van der Waals surface area contributed by atoms with Gasteiger partial charge in [-0.3, -0.25) is 9.79 Å². The number of aliphatic imine (C=N–C) groups is 1. The molecule has 184 valence electrons. The van der Waals surface area contributed by atoms with Gasteiger partial charge < -0.3 is 9.30 Å². The largest absolute Gasteiger partial charge is 0.465 e. The summed E-state index contributed by atoms with van der Waals surface area (Å²) in [6, 6.07) is 12.6. The number of aromatic nitrogens is 3. The van der Waals surface area contributed by atoms with E-state index in [0.717, 1.165) is 48.2 Å². The highest BCUT2D eigenvalue weighted by Gasteiger charge is 2.31. The molecule has 3 aromatic rings. The summed E-state index contributed by atoms with van der Waals surface area (Å²) < 4.78 is 45.6. The maximum Gasteiger partial charge on any atom is 0.416 e. The van der Waals surface area contributed by atoms with Crippen molar-refractivity contribution in [2.24, 2.45) is 10.9 Å². The molecular formula is C26H27F3N4O2. The number of hydrogen-bond donors (Lipinski definition) is 0. The molecule has 0 N–H and O–H groups in total. The Kier molecular flexibility index (Phi) is 7.33. The van der Waals surface area contributed by atoms with Crippen molar-refractivity contribution in [3.63, 3.8) is 0 Å². The molecule has 6 nitrogen and oxygen atoms in total. The Labute approximate surface area is 201 Å². The summed E-state index contributed by atoms with van der Waals surface area (Å²) in [5.41, 5.74) is 2.54. The Hall–Kier alpha value is -3.49. The fourth-order valence-corrected chi connectivity index (χ4v) is 4.35. The minimum absolute atomic E-state index is 0.213. The Morgan fingerprint density at radius 1 is 1.03 bits per heavy atom. The van der Waals surface area contributed by atoms with Crippen LogP contribution in [-0.2, 0) is 28.8 Å². The van der Waals surface area contributed by atoms with Gasteiger partial charge >= 0.3 is 12.1 Å². The Balaban J connectivity index is 1.51. The highest BCUT2D eigenvalue weighted by atomic mass is 19.4. The van der Waals surface area contributed by atoms with Crippen molar-refractivity contribution in [2.75, 3.05) is 6.61 Å². The molecule has 0 saturated heterocycles. The number of nitrogens with zero attached hydrogens (tertiary/aromatic N) is 4. The van der Waals surface area contributed by atoms with Gasteiger partial charge in [-0.05, 0) is 56.4 Å². The van der Waals surface area contributed by atoms with Crippen LogP contribution in [0, 0.1) is 5.92 Å². The molecule has 1 unspecified atom stereocenters. The van der Waals surface area contributed by atoms with Crippen molar-refractivity contribution in [3.8, 4) is 22.5 Å². The van der Waals surface area contributed by atoms with Crippen LogP contribution in [0.5, 0.6) is 0 Å². The molecule has 1 fully saturated rings. The second-order valence-electron chi connectivity index (χ2n) is 8.34. The molecule has 1 heterocycles. The van der Waals surface area contributed by atoms with Gasteiger partial charge in [0.25, 0.3) is 0 Å². The Morgan fingerprint density at radius 2 is 1.66 bits per heavy atom. The third kappa shape index (κ3) is 5.44. The lowest BCUT2D eigenvalue weighted by Gasteiger charge is -2.11. The van der Waals surface area contributed by atoms with Gasteiger partial charge in [0.05, 0.1) is 24.6 Å². The van der Waals surface area contributed by atoms with Crippen LogP contribution in [0.25, 0.3) is 22.5 Å². The predicted molar refractivity (Wildman–Crippen MR) is 127 cm³/mol. The molecule has 0 amide bonds. The molecule has 1 saturated carbocycles. The lowest BCUT2D eigenvalue weighted by molar-refractivity contribution is -0.145. The van der Waals surface area contributed by atoms with E-state index in [1.165, 1.54) is 12.1 Å². The third-order valence-electron chi connectivity index (χ3n) is 6.15. The van der Waals surface area contributed by atoms with E-state index in [1.54, 1.807) is 6.92 Å². The summed E-state index contributed by atoms with van der Waals surface area (Å²) in [6.45, 7) is 5.12. The van der Waals surface area contributed by atoms with Crippen molar-refractivity contribution < 1.29 is 22.7 Å². The van der Waals surface area contributed by atoms with E-state index in [-0.39, 0.29) is 11.9 Å². The topological polar surface area (TPSA) is 69.4 Å². The standard InChI is InChI=1S/C26H27F3N4O2/c1-3-33-23(16-30-22-7-5-6-21(22)25(34)35-4-2)31-32-24(33)19-10-8-17(9-11-19)18-12-14-20(15-13-18)26(27,28)29/h8-15,21H,3-7,16H2,1-2H3. The number of hydrogen-bond acceptors (Lipinski definition) is 5. The lowest BCUT2D eigenvalue weighted by atomic mass is 10.0. The molecule has 9 heteroatoms. The first kappa shape index (κ1) is 24.6. The van der Waals surface area contributed by atoms with E-state index in [2.05, 4.69) is 15.2 Å². The number of alkyl halides is 3. The second-order valence-corrected chi connectivity index (χ2v) is 8.34. The first-order chi connectivity index (χ1) is 16.8. The maximum absolute atomic E-state index is 12.8. The van der Waals surface area contributed by atoms with Gasteiger partial charge in [-0.2, -0.15) is 13.2 Å². The number of rotatable bonds is 7. The van der Waals surface area contributed by atoms with Crippen LogP contribution >= 0.6 is 0 Å². The molecule has 35 heavy (non-hydrogen) atoms. The Morgan fingerprint density at radius 3 is 2.26 bits per heavy atom. The van der Waals surface area contributed by atoms with Gasteiger partial charge in [0.15, 0.2) is 11.6 Å². The van der Waals surface area contributed by atoms with Crippen molar-refractivity contribution in [1.29, 1.82) is 0 Å². The van der Waals surface area contributed by atoms with Crippen LogP contribution in [0.4, 0.5) is 13.2 Å². The van der Waals surface area contributed by atoms with Crippen molar-refractivity contribution in [3.05, 3.63) is 59.9 Å². The van der Waals surface area contributed by atoms with Crippen LogP contribution in [-0.4, -0.2) is 33.1 Å². The number of carbonyl (C=O) groups excluding carboxylic acids is 1. The molecule has 1 aromatic heterocycles. The number of benzene rings is 2. The van der Waals surface area contributed by atoms with Gasteiger partial charge in [-0.25, -0.2) is 0 Å². The first-order valence-corrected chi connectivity index (χ1v) is 11.7. The zero-order valence-corrected chi connectivity index (χ0v) is 19.7. The summed E-state index contributed by atoms with van der Waals surface area (Å²) in [4.78, 5) is 16.9. The van der Waals surface area contributed by atoms with E-state index in [9.17, 15) is 18.0 Å². The van der Waals surface area contributed by atoms with Gasteiger partial charge in [0.1, 0.15) is 0 Å². The summed E-state index contributed by atoms with van der Waals surface area (Å²) in [5, 5.41) is 8.68. The fraction of sp³-hybridized carbons (Fsp3) is 0.385. The number of esters is 1. The zero-order valence-electron chi connectivity index (χ0n) is 19.7. The van der Waals surface area contributed by atoms with Gasteiger partial charge in [0, 0.05) is 17.8 Å². The predicted octanol–water partition coefficient (Wildman–Crippen LogP) is 5.96. The molecular weight excluding hydrogens is 457 g/mol. The van der Waals surface area contributed by atoms with E-state index in [4.69, 9.17) is 4.74 Å². The summed E-state index contributed by atoms with van der Waals surface area (Å²) in [6.07, 6.45) is -1.90. The number of halogens is 3. The zero-order chi connectivity index (χ0) is 25.0. The minimum Gasteiger partial charge on any atom is -0.465 e.